The van der Waals surface area contributed by atoms with Gasteiger partial charge in [-0.15, -0.1) is 0 Å². The van der Waals surface area contributed by atoms with Gasteiger partial charge in [-0.05, 0) is 42.0 Å². The quantitative estimate of drug-likeness (QED) is 0.675. The van der Waals surface area contributed by atoms with Crippen LogP contribution in [0.1, 0.15) is 54.2 Å². The minimum absolute atomic E-state index is 0.00285. The number of aliphatic hydroxyl groups is 3. The molecule has 0 radical (unpaired) electrons. The molecular weight excluding hydrogens is 404 g/mol. The summed E-state index contributed by atoms with van der Waals surface area (Å²) in [4.78, 5) is 0. The molecule has 2 aliphatic heterocycles. The molecule has 5 nitrogen and oxygen atoms in total. The number of hydrogen-bond donors (Lipinski definition) is 3. The van der Waals surface area contributed by atoms with Crippen LogP contribution in [-0.2, 0) is 24.0 Å². The molecule has 3 N–H and O–H groups in total. The van der Waals surface area contributed by atoms with E-state index in [-0.39, 0.29) is 19.1 Å². The fraction of sp³-hybridized carbons (Fsp3) is 0.500. The zero-order chi connectivity index (χ0) is 21.4. The molecule has 2 aromatic rings. The summed E-state index contributed by atoms with van der Waals surface area (Å²) in [5, 5.41) is 30.6. The van der Waals surface area contributed by atoms with Crippen LogP contribution < -0.4 is 4.74 Å². The zero-order valence-electron chi connectivity index (χ0n) is 17.3. The van der Waals surface area contributed by atoms with Crippen LogP contribution in [0.2, 0.25) is 5.02 Å². The maximum absolute atomic E-state index is 10.3. The van der Waals surface area contributed by atoms with Crippen LogP contribution >= 0.6 is 11.6 Å². The van der Waals surface area contributed by atoms with Crippen LogP contribution in [0.25, 0.3) is 0 Å². The minimum Gasteiger partial charge on any atom is -0.488 e. The number of fused-ring (bicyclic) bond motifs is 1. The molecule has 0 aliphatic carbocycles. The smallest absolute Gasteiger partial charge is 0.142 e. The second-order valence-electron chi connectivity index (χ2n) is 8.37. The van der Waals surface area contributed by atoms with Gasteiger partial charge in [0.25, 0.3) is 0 Å². The molecule has 162 valence electrons. The standard InChI is InChI=1S/C24H29ClO5/c1-3-14-4-6-15(7-5-14)9-16-10-17(18-8-13(2)29-24(18)22(16)25)20-11-19(27)23(28)21(12-26)30-20/h4-7,10,13,19-21,23,26-28H,3,8-9,11-12H2,1-2H3/t13?,19?,20?,21?,23-/m0/s1. The van der Waals surface area contributed by atoms with Crippen molar-refractivity contribution in [1.82, 2.24) is 0 Å². The first kappa shape index (κ1) is 21.6. The molecule has 5 atom stereocenters. The molecule has 1 saturated heterocycles. The lowest BCUT2D eigenvalue weighted by Crippen LogP contribution is -2.47. The largest absolute Gasteiger partial charge is 0.488 e. The number of benzene rings is 2. The normalized spacial score (nSPS) is 28.3. The van der Waals surface area contributed by atoms with Gasteiger partial charge in [-0.2, -0.15) is 0 Å². The summed E-state index contributed by atoms with van der Waals surface area (Å²) in [7, 11) is 0. The molecule has 0 bridgehead atoms. The highest BCUT2D eigenvalue weighted by atomic mass is 35.5. The van der Waals surface area contributed by atoms with E-state index in [0.717, 1.165) is 28.7 Å². The van der Waals surface area contributed by atoms with Gasteiger partial charge in [0, 0.05) is 18.4 Å². The van der Waals surface area contributed by atoms with Gasteiger partial charge in [0.15, 0.2) is 0 Å². The summed E-state index contributed by atoms with van der Waals surface area (Å²) in [6, 6.07) is 10.5. The number of ether oxygens (including phenoxy) is 2. The van der Waals surface area contributed by atoms with Crippen molar-refractivity contribution in [3.63, 3.8) is 0 Å². The van der Waals surface area contributed by atoms with E-state index < -0.39 is 24.4 Å². The first-order valence-corrected chi connectivity index (χ1v) is 11.0. The molecular formula is C24H29ClO5. The Kier molecular flexibility index (Phi) is 6.37. The third kappa shape index (κ3) is 4.10. The van der Waals surface area contributed by atoms with Crippen molar-refractivity contribution in [1.29, 1.82) is 0 Å². The van der Waals surface area contributed by atoms with Crippen LogP contribution in [0, 0.1) is 0 Å². The Balaban J connectivity index is 1.71. The fourth-order valence-electron chi connectivity index (χ4n) is 4.44. The zero-order valence-corrected chi connectivity index (χ0v) is 18.1. The number of halogens is 1. The number of hydrogen-bond acceptors (Lipinski definition) is 5. The van der Waals surface area contributed by atoms with Gasteiger partial charge >= 0.3 is 0 Å². The second kappa shape index (κ2) is 8.85. The second-order valence-corrected chi connectivity index (χ2v) is 8.74. The lowest BCUT2D eigenvalue weighted by atomic mass is 9.88. The SMILES string of the molecule is CCc1ccc(Cc2cc(C3CC(O)[C@H](O)C(CO)O3)c3c(c2Cl)OC(C)C3)cc1. The van der Waals surface area contributed by atoms with E-state index in [1.807, 2.05) is 13.0 Å². The van der Waals surface area contributed by atoms with Crippen LogP contribution in [0.4, 0.5) is 0 Å². The third-order valence-electron chi connectivity index (χ3n) is 6.17. The van der Waals surface area contributed by atoms with Crippen molar-refractivity contribution in [3.8, 4) is 5.75 Å². The lowest BCUT2D eigenvalue weighted by molar-refractivity contribution is -0.181. The Labute approximate surface area is 182 Å². The van der Waals surface area contributed by atoms with Crippen LogP contribution in [0.15, 0.2) is 30.3 Å². The summed E-state index contributed by atoms with van der Waals surface area (Å²) >= 11 is 6.75. The number of aliphatic hydroxyl groups excluding tert-OH is 3. The number of rotatable bonds is 5. The highest BCUT2D eigenvalue weighted by Crippen LogP contribution is 2.45. The molecule has 2 aromatic carbocycles. The highest BCUT2D eigenvalue weighted by Gasteiger charge is 2.39. The summed E-state index contributed by atoms with van der Waals surface area (Å²) < 4.78 is 12.0. The predicted octanol–water partition coefficient (Wildman–Crippen LogP) is 3.36. The lowest BCUT2D eigenvalue weighted by Gasteiger charge is -2.37. The summed E-state index contributed by atoms with van der Waals surface area (Å²) in [5.74, 6) is 0.687. The molecule has 0 spiro atoms. The van der Waals surface area contributed by atoms with Crippen LogP contribution in [0.3, 0.4) is 0 Å². The van der Waals surface area contributed by atoms with E-state index >= 15 is 0 Å². The van der Waals surface area contributed by atoms with Crippen molar-refractivity contribution in [2.24, 2.45) is 0 Å². The molecule has 0 aromatic heterocycles. The Morgan fingerprint density at radius 1 is 1.13 bits per heavy atom. The maximum Gasteiger partial charge on any atom is 0.142 e. The summed E-state index contributed by atoms with van der Waals surface area (Å²) in [5.41, 5.74) is 5.29. The maximum atomic E-state index is 10.3. The monoisotopic (exact) mass is 432 g/mol. The van der Waals surface area contributed by atoms with E-state index in [1.54, 1.807) is 0 Å². The molecule has 1 fully saturated rings. The van der Waals surface area contributed by atoms with Crippen molar-refractivity contribution in [3.05, 3.63) is 63.2 Å². The van der Waals surface area contributed by atoms with E-state index in [9.17, 15) is 15.3 Å². The van der Waals surface area contributed by atoms with E-state index in [2.05, 4.69) is 31.2 Å². The fourth-order valence-corrected chi connectivity index (χ4v) is 4.72. The van der Waals surface area contributed by atoms with E-state index in [1.165, 1.54) is 5.56 Å². The third-order valence-corrected chi connectivity index (χ3v) is 6.58. The highest BCUT2D eigenvalue weighted by molar-refractivity contribution is 6.33. The van der Waals surface area contributed by atoms with Crippen molar-refractivity contribution in [2.75, 3.05) is 6.61 Å². The molecule has 0 saturated carbocycles. The van der Waals surface area contributed by atoms with Gasteiger partial charge < -0.3 is 24.8 Å². The van der Waals surface area contributed by atoms with Gasteiger partial charge in [-0.1, -0.05) is 48.9 Å². The average Bonchev–Trinajstić information content (AvgIpc) is 3.14. The van der Waals surface area contributed by atoms with Crippen LogP contribution in [-0.4, -0.2) is 46.3 Å². The van der Waals surface area contributed by atoms with Crippen molar-refractivity contribution in [2.45, 2.75) is 70.1 Å². The van der Waals surface area contributed by atoms with Gasteiger partial charge in [-0.25, -0.2) is 0 Å². The average molecular weight is 433 g/mol. The molecule has 4 unspecified atom stereocenters. The van der Waals surface area contributed by atoms with Gasteiger partial charge in [0.1, 0.15) is 24.1 Å². The molecule has 4 rings (SSSR count). The van der Waals surface area contributed by atoms with E-state index in [0.29, 0.717) is 23.6 Å². The van der Waals surface area contributed by atoms with E-state index in [4.69, 9.17) is 21.1 Å². The Morgan fingerprint density at radius 3 is 2.50 bits per heavy atom. The van der Waals surface area contributed by atoms with Gasteiger partial charge in [0.2, 0.25) is 0 Å². The predicted molar refractivity (Wildman–Crippen MR) is 115 cm³/mol. The van der Waals surface area contributed by atoms with Crippen LogP contribution in [0.5, 0.6) is 5.75 Å². The first-order valence-electron chi connectivity index (χ1n) is 10.6. The van der Waals surface area contributed by atoms with Crippen molar-refractivity contribution >= 4 is 11.6 Å². The molecule has 6 heteroatoms. The Bertz CT molecular complexity index is 897. The topological polar surface area (TPSA) is 79.2 Å². The van der Waals surface area contributed by atoms with Crippen molar-refractivity contribution < 1.29 is 24.8 Å². The summed E-state index contributed by atoms with van der Waals surface area (Å²) in [6.07, 6.45) is -0.713. The molecule has 30 heavy (non-hydrogen) atoms. The Hall–Kier alpha value is -1.63. The Morgan fingerprint density at radius 2 is 1.83 bits per heavy atom. The minimum atomic E-state index is -1.10. The first-order chi connectivity index (χ1) is 14.4. The molecule has 2 heterocycles. The number of aryl methyl sites for hydroxylation is 1. The molecule has 0 amide bonds. The van der Waals surface area contributed by atoms with Gasteiger partial charge in [0.05, 0.1) is 23.8 Å². The van der Waals surface area contributed by atoms with Gasteiger partial charge in [-0.3, -0.25) is 0 Å². The summed E-state index contributed by atoms with van der Waals surface area (Å²) in [6.45, 7) is 3.78. The molecule has 2 aliphatic rings.